The number of amides is 2. The van der Waals surface area contributed by atoms with Crippen molar-refractivity contribution in [1.82, 2.24) is 20.0 Å². The van der Waals surface area contributed by atoms with E-state index in [1.54, 1.807) is 7.05 Å². The number of para-hydroxylation sites is 1. The van der Waals surface area contributed by atoms with Crippen LogP contribution >= 0.6 is 0 Å². The summed E-state index contributed by atoms with van der Waals surface area (Å²) in [4.78, 5) is 13.2. The predicted octanol–water partition coefficient (Wildman–Crippen LogP) is 1.75. The normalized spacial score (nSPS) is 10.6. The summed E-state index contributed by atoms with van der Waals surface area (Å²) in [5, 5.41) is 16.2. The molecule has 0 fully saturated rings. The first-order chi connectivity index (χ1) is 11.1. The van der Waals surface area contributed by atoms with Crippen LogP contribution in [0.4, 0.5) is 4.79 Å². The zero-order valence-electron chi connectivity index (χ0n) is 13.7. The lowest BCUT2D eigenvalue weighted by Crippen LogP contribution is -2.39. The average molecular weight is 316 g/mol. The highest BCUT2D eigenvalue weighted by Gasteiger charge is 2.08. The van der Waals surface area contributed by atoms with Gasteiger partial charge in [-0.25, -0.2) is 9.48 Å². The molecule has 0 unspecified atom stereocenters. The number of nitrogens with zero attached hydrogens (tertiary/aromatic N) is 3. The Morgan fingerprint density at radius 2 is 2.09 bits per heavy atom. The summed E-state index contributed by atoms with van der Waals surface area (Å²) in [7, 11) is 1.67. The average Bonchev–Trinajstić information content (AvgIpc) is 2.93. The zero-order chi connectivity index (χ0) is 16.7. The van der Waals surface area contributed by atoms with Crippen molar-refractivity contribution in [2.24, 2.45) is 0 Å². The third-order valence-corrected chi connectivity index (χ3v) is 3.70. The molecule has 6 heteroatoms. The number of aryl methyl sites for hydroxylation is 2. The maximum Gasteiger partial charge on any atom is 0.317 e. The molecule has 124 valence electrons. The van der Waals surface area contributed by atoms with Crippen molar-refractivity contribution in [1.29, 1.82) is 0 Å². The molecule has 1 aromatic heterocycles. The van der Waals surface area contributed by atoms with Crippen molar-refractivity contribution < 1.29 is 9.90 Å². The number of rotatable bonds is 7. The van der Waals surface area contributed by atoms with Crippen molar-refractivity contribution in [2.75, 3.05) is 26.7 Å². The fourth-order valence-electron chi connectivity index (χ4n) is 2.31. The van der Waals surface area contributed by atoms with E-state index in [-0.39, 0.29) is 12.6 Å². The van der Waals surface area contributed by atoms with Gasteiger partial charge < -0.3 is 15.3 Å². The van der Waals surface area contributed by atoms with Crippen LogP contribution in [0.2, 0.25) is 0 Å². The van der Waals surface area contributed by atoms with Crippen LogP contribution in [0.5, 0.6) is 0 Å². The molecule has 0 bridgehead atoms. The van der Waals surface area contributed by atoms with E-state index in [9.17, 15) is 4.79 Å². The van der Waals surface area contributed by atoms with E-state index in [1.807, 2.05) is 48.1 Å². The Morgan fingerprint density at radius 3 is 2.78 bits per heavy atom. The Morgan fingerprint density at radius 1 is 1.35 bits per heavy atom. The number of carbonyl (C=O) groups excluding carboxylic acids is 1. The van der Waals surface area contributed by atoms with Gasteiger partial charge in [-0.05, 0) is 37.5 Å². The fraction of sp³-hybridized carbons (Fsp3) is 0.412. The van der Waals surface area contributed by atoms with E-state index in [2.05, 4.69) is 10.4 Å². The Bertz CT molecular complexity index is 625. The van der Waals surface area contributed by atoms with Gasteiger partial charge in [0.15, 0.2) is 0 Å². The van der Waals surface area contributed by atoms with Crippen molar-refractivity contribution in [3.8, 4) is 5.69 Å². The first-order valence-corrected chi connectivity index (χ1v) is 7.82. The van der Waals surface area contributed by atoms with Crippen LogP contribution in [-0.2, 0) is 6.42 Å². The number of benzene rings is 1. The van der Waals surface area contributed by atoms with Gasteiger partial charge in [-0.15, -0.1) is 0 Å². The summed E-state index contributed by atoms with van der Waals surface area (Å²) in [6, 6.07) is 9.85. The van der Waals surface area contributed by atoms with Crippen molar-refractivity contribution in [3.63, 3.8) is 0 Å². The number of aliphatic hydroxyl groups is 1. The molecule has 2 N–H and O–H groups in total. The molecule has 0 atom stereocenters. The highest BCUT2D eigenvalue weighted by atomic mass is 16.3. The SMILES string of the molecule is Cc1nn(-c2ccccc2)cc1CCCNC(=O)N(C)CCO. The Labute approximate surface area is 136 Å². The number of aliphatic hydroxyl groups excluding tert-OH is 1. The van der Waals surface area contributed by atoms with Gasteiger partial charge in [0.1, 0.15) is 0 Å². The Kier molecular flexibility index (Phi) is 6.17. The summed E-state index contributed by atoms with van der Waals surface area (Å²) in [5.74, 6) is 0. The van der Waals surface area contributed by atoms with E-state index in [0.717, 1.165) is 24.2 Å². The van der Waals surface area contributed by atoms with Crippen LogP contribution in [0.25, 0.3) is 5.69 Å². The van der Waals surface area contributed by atoms with Gasteiger partial charge in [-0.2, -0.15) is 5.10 Å². The minimum absolute atomic E-state index is 0.0260. The van der Waals surface area contributed by atoms with Gasteiger partial charge in [0.05, 0.1) is 18.0 Å². The van der Waals surface area contributed by atoms with E-state index in [1.165, 1.54) is 10.5 Å². The molecule has 1 aromatic carbocycles. The van der Waals surface area contributed by atoms with Crippen molar-refractivity contribution >= 4 is 6.03 Å². The smallest absolute Gasteiger partial charge is 0.317 e. The summed E-state index contributed by atoms with van der Waals surface area (Å²) >= 11 is 0. The van der Waals surface area contributed by atoms with Crippen LogP contribution in [0, 0.1) is 6.92 Å². The molecular weight excluding hydrogens is 292 g/mol. The van der Waals surface area contributed by atoms with Gasteiger partial charge in [0.2, 0.25) is 0 Å². The van der Waals surface area contributed by atoms with Crippen molar-refractivity contribution in [3.05, 3.63) is 47.8 Å². The van der Waals surface area contributed by atoms with E-state index < -0.39 is 0 Å². The summed E-state index contributed by atoms with van der Waals surface area (Å²) in [6.45, 7) is 2.92. The second-order valence-corrected chi connectivity index (χ2v) is 5.50. The van der Waals surface area contributed by atoms with Gasteiger partial charge in [0, 0.05) is 26.3 Å². The Hall–Kier alpha value is -2.34. The standard InChI is InChI=1S/C17H24N4O2/c1-14-15(7-6-10-18-17(23)20(2)11-12-22)13-21(19-14)16-8-4-3-5-9-16/h3-5,8-9,13,22H,6-7,10-12H2,1-2H3,(H,18,23). The molecule has 0 saturated carbocycles. The first-order valence-electron chi connectivity index (χ1n) is 7.82. The van der Waals surface area contributed by atoms with Crippen LogP contribution in [-0.4, -0.2) is 52.6 Å². The molecule has 2 amide bonds. The predicted molar refractivity (Wildman–Crippen MR) is 89.7 cm³/mol. The molecule has 23 heavy (non-hydrogen) atoms. The third-order valence-electron chi connectivity index (χ3n) is 3.70. The highest BCUT2D eigenvalue weighted by molar-refractivity contribution is 5.73. The molecule has 0 spiro atoms. The maximum absolute atomic E-state index is 11.7. The molecule has 1 heterocycles. The molecule has 0 radical (unpaired) electrons. The number of nitrogens with one attached hydrogen (secondary N) is 1. The number of hydrogen-bond donors (Lipinski definition) is 2. The quantitative estimate of drug-likeness (QED) is 0.765. The van der Waals surface area contributed by atoms with Gasteiger partial charge >= 0.3 is 6.03 Å². The first kappa shape index (κ1) is 17.0. The topological polar surface area (TPSA) is 70.4 Å². The van der Waals surface area contributed by atoms with Gasteiger partial charge in [-0.1, -0.05) is 18.2 Å². The lowest BCUT2D eigenvalue weighted by atomic mass is 10.1. The number of hydrogen-bond acceptors (Lipinski definition) is 3. The number of aromatic nitrogens is 2. The van der Waals surface area contributed by atoms with Crippen LogP contribution in [0.1, 0.15) is 17.7 Å². The Balaban J connectivity index is 1.83. The second kappa shape index (κ2) is 8.33. The van der Waals surface area contributed by atoms with E-state index >= 15 is 0 Å². The van der Waals surface area contributed by atoms with Crippen LogP contribution in [0.15, 0.2) is 36.5 Å². The van der Waals surface area contributed by atoms with Crippen molar-refractivity contribution in [2.45, 2.75) is 19.8 Å². The minimum Gasteiger partial charge on any atom is -0.395 e. The summed E-state index contributed by atoms with van der Waals surface area (Å²) in [6.07, 6.45) is 3.76. The van der Waals surface area contributed by atoms with Gasteiger partial charge in [-0.3, -0.25) is 0 Å². The molecule has 2 rings (SSSR count). The zero-order valence-corrected chi connectivity index (χ0v) is 13.7. The molecule has 2 aromatic rings. The molecule has 0 aliphatic heterocycles. The maximum atomic E-state index is 11.7. The third kappa shape index (κ3) is 4.82. The summed E-state index contributed by atoms with van der Waals surface area (Å²) in [5.41, 5.74) is 3.24. The molecule has 6 nitrogen and oxygen atoms in total. The van der Waals surface area contributed by atoms with E-state index in [4.69, 9.17) is 5.11 Å². The van der Waals surface area contributed by atoms with Crippen LogP contribution < -0.4 is 5.32 Å². The van der Waals surface area contributed by atoms with Crippen LogP contribution in [0.3, 0.4) is 0 Å². The summed E-state index contributed by atoms with van der Waals surface area (Å²) < 4.78 is 1.89. The fourth-order valence-corrected chi connectivity index (χ4v) is 2.31. The lowest BCUT2D eigenvalue weighted by molar-refractivity contribution is 0.190. The monoisotopic (exact) mass is 316 g/mol. The lowest BCUT2D eigenvalue weighted by Gasteiger charge is -2.16. The molecule has 0 aliphatic rings. The number of carbonyl (C=O) groups is 1. The number of likely N-dealkylation sites (N-methyl/N-ethyl adjacent to an activating group) is 1. The van der Waals surface area contributed by atoms with Gasteiger partial charge in [0.25, 0.3) is 0 Å². The molecule has 0 saturated heterocycles. The van der Waals surface area contributed by atoms with E-state index in [0.29, 0.717) is 13.1 Å². The minimum atomic E-state index is -0.157. The molecule has 0 aliphatic carbocycles. The number of urea groups is 1. The highest BCUT2D eigenvalue weighted by Crippen LogP contribution is 2.13. The molecular formula is C17H24N4O2. The second-order valence-electron chi connectivity index (χ2n) is 5.50. The largest absolute Gasteiger partial charge is 0.395 e.